The van der Waals surface area contributed by atoms with Crippen molar-refractivity contribution in [2.24, 2.45) is 4.99 Å². The Hall–Kier alpha value is -1.23. The van der Waals surface area contributed by atoms with Crippen molar-refractivity contribution in [1.29, 1.82) is 0 Å². The van der Waals surface area contributed by atoms with Crippen molar-refractivity contribution >= 4 is 68.8 Å². The average Bonchev–Trinajstić information content (AvgIpc) is 2.58. The fourth-order valence-corrected chi connectivity index (χ4v) is 3.65. The second-order valence-corrected chi connectivity index (χ2v) is 8.58. The van der Waals surface area contributed by atoms with Gasteiger partial charge < -0.3 is 10.6 Å². The van der Waals surface area contributed by atoms with Crippen molar-refractivity contribution in [3.63, 3.8) is 0 Å². The molecule has 0 spiro atoms. The highest BCUT2D eigenvalue weighted by Gasteiger charge is 2.13. The number of hydrogen-bond acceptors (Lipinski definition) is 3. The van der Waals surface area contributed by atoms with Gasteiger partial charge in [-0.1, -0.05) is 47.5 Å². The van der Waals surface area contributed by atoms with Crippen LogP contribution in [0.2, 0.25) is 10.0 Å². The monoisotopic (exact) mass is 556 g/mol. The van der Waals surface area contributed by atoms with E-state index in [4.69, 9.17) is 23.2 Å². The topological polar surface area (TPSA) is 82.6 Å². The van der Waals surface area contributed by atoms with Crippen molar-refractivity contribution in [2.75, 3.05) is 18.0 Å². The van der Waals surface area contributed by atoms with Crippen molar-refractivity contribution in [2.45, 2.75) is 19.5 Å². The molecule has 0 saturated carbocycles. The number of benzene rings is 2. The number of hydrogen-bond donors (Lipinski definition) is 3. The van der Waals surface area contributed by atoms with Crippen LogP contribution in [0.3, 0.4) is 0 Å². The summed E-state index contributed by atoms with van der Waals surface area (Å²) in [4.78, 5) is 4.21. The van der Waals surface area contributed by atoms with Gasteiger partial charge in [-0.2, -0.15) is 0 Å². The Kier molecular flexibility index (Phi) is 9.82. The number of guanidine groups is 1. The number of sulfonamides is 1. The van der Waals surface area contributed by atoms with E-state index in [1.807, 2.05) is 25.1 Å². The molecule has 6 nitrogen and oxygen atoms in total. The molecule has 0 aliphatic rings. The first-order chi connectivity index (χ1) is 12.7. The molecular weight excluding hydrogens is 534 g/mol. The maximum atomic E-state index is 11.5. The summed E-state index contributed by atoms with van der Waals surface area (Å²) in [5, 5.41) is 7.58. The van der Waals surface area contributed by atoms with Crippen LogP contribution in [-0.4, -0.2) is 27.7 Å². The van der Waals surface area contributed by atoms with Crippen molar-refractivity contribution in [3.05, 3.63) is 63.6 Å². The summed E-state index contributed by atoms with van der Waals surface area (Å²) in [7, 11) is -1.70. The number of anilines is 1. The number of halogens is 3. The van der Waals surface area contributed by atoms with Gasteiger partial charge in [0.1, 0.15) is 0 Å². The van der Waals surface area contributed by atoms with Gasteiger partial charge in [-0.15, -0.1) is 24.0 Å². The molecule has 2 rings (SSSR count). The normalized spacial score (nSPS) is 12.7. The Bertz CT molecular complexity index is 939. The number of nitrogens with zero attached hydrogens (tertiary/aromatic N) is 1. The molecule has 0 bridgehead atoms. The van der Waals surface area contributed by atoms with Gasteiger partial charge in [-0.3, -0.25) is 9.71 Å². The van der Waals surface area contributed by atoms with Gasteiger partial charge in [0.05, 0.1) is 18.0 Å². The highest BCUT2D eigenvalue weighted by Crippen LogP contribution is 2.26. The second kappa shape index (κ2) is 11.1. The van der Waals surface area contributed by atoms with Gasteiger partial charge in [0.2, 0.25) is 10.0 Å². The molecule has 3 N–H and O–H groups in total. The van der Waals surface area contributed by atoms with Crippen LogP contribution in [0.15, 0.2) is 47.5 Å². The molecule has 0 aromatic heterocycles. The van der Waals surface area contributed by atoms with E-state index in [0.717, 1.165) is 17.4 Å². The van der Waals surface area contributed by atoms with Gasteiger partial charge in [0.25, 0.3) is 0 Å². The van der Waals surface area contributed by atoms with Crippen LogP contribution < -0.4 is 15.4 Å². The zero-order valence-corrected chi connectivity index (χ0v) is 20.3. The van der Waals surface area contributed by atoms with E-state index in [9.17, 15) is 8.42 Å². The molecule has 10 heteroatoms. The molecule has 28 heavy (non-hydrogen) atoms. The predicted molar refractivity (Wildman–Crippen MR) is 129 cm³/mol. The first kappa shape index (κ1) is 24.8. The van der Waals surface area contributed by atoms with Crippen molar-refractivity contribution in [3.8, 4) is 0 Å². The van der Waals surface area contributed by atoms with E-state index in [-0.39, 0.29) is 30.0 Å². The van der Waals surface area contributed by atoms with Gasteiger partial charge >= 0.3 is 0 Å². The van der Waals surface area contributed by atoms with E-state index in [0.29, 0.717) is 28.2 Å². The molecule has 2 aromatic rings. The standard InChI is InChI=1S/C18H22Cl2N4O2S.HI/c1-12(15-9-8-14(19)10-16(15)20)23-18(21-2)22-11-13-6-4-5-7-17(13)24-27(3,25)26;/h4-10,12,24H,11H2,1-3H3,(H2,21,22,23);1H. The molecule has 0 aliphatic heterocycles. The van der Waals surface area contributed by atoms with E-state index in [2.05, 4.69) is 20.3 Å². The summed E-state index contributed by atoms with van der Waals surface area (Å²) in [6.07, 6.45) is 1.12. The average molecular weight is 557 g/mol. The summed E-state index contributed by atoms with van der Waals surface area (Å²) in [6, 6.07) is 12.4. The smallest absolute Gasteiger partial charge is 0.229 e. The van der Waals surface area contributed by atoms with Crippen LogP contribution >= 0.6 is 47.2 Å². The highest BCUT2D eigenvalue weighted by molar-refractivity contribution is 14.0. The molecule has 2 aromatic carbocycles. The molecule has 0 saturated heterocycles. The Morgan fingerprint density at radius 3 is 2.46 bits per heavy atom. The Labute approximate surface area is 193 Å². The third kappa shape index (κ3) is 7.65. The number of rotatable bonds is 6. The number of para-hydroxylation sites is 1. The minimum atomic E-state index is -3.36. The first-order valence-corrected chi connectivity index (χ1v) is 10.8. The molecule has 0 aliphatic carbocycles. The third-order valence-corrected chi connectivity index (χ3v) is 4.92. The van der Waals surface area contributed by atoms with Crippen LogP contribution in [-0.2, 0) is 16.6 Å². The van der Waals surface area contributed by atoms with E-state index < -0.39 is 10.0 Å². The Morgan fingerprint density at radius 1 is 1.18 bits per heavy atom. The lowest BCUT2D eigenvalue weighted by Gasteiger charge is -2.20. The Morgan fingerprint density at radius 2 is 1.86 bits per heavy atom. The summed E-state index contributed by atoms with van der Waals surface area (Å²) in [6.45, 7) is 2.35. The maximum absolute atomic E-state index is 11.5. The van der Waals surface area contributed by atoms with E-state index in [1.54, 1.807) is 31.3 Å². The third-order valence-electron chi connectivity index (χ3n) is 3.76. The molecule has 0 amide bonds. The van der Waals surface area contributed by atoms with E-state index >= 15 is 0 Å². The van der Waals surface area contributed by atoms with Gasteiger partial charge in [-0.05, 0) is 36.2 Å². The molecule has 1 unspecified atom stereocenters. The molecule has 154 valence electrons. The van der Waals surface area contributed by atoms with Crippen molar-refractivity contribution < 1.29 is 8.42 Å². The zero-order chi connectivity index (χ0) is 20.0. The van der Waals surface area contributed by atoms with Gasteiger partial charge in [0, 0.05) is 23.6 Å². The summed E-state index contributed by atoms with van der Waals surface area (Å²) in [5.74, 6) is 0.558. The summed E-state index contributed by atoms with van der Waals surface area (Å²) >= 11 is 12.2. The fourth-order valence-electron chi connectivity index (χ4n) is 2.48. The van der Waals surface area contributed by atoms with Crippen LogP contribution in [0.25, 0.3) is 0 Å². The second-order valence-electron chi connectivity index (χ2n) is 5.99. The minimum Gasteiger partial charge on any atom is -0.352 e. The largest absolute Gasteiger partial charge is 0.352 e. The summed E-state index contributed by atoms with van der Waals surface area (Å²) in [5.41, 5.74) is 2.21. The lowest BCUT2D eigenvalue weighted by Crippen LogP contribution is -2.38. The lowest BCUT2D eigenvalue weighted by atomic mass is 10.1. The van der Waals surface area contributed by atoms with E-state index in [1.165, 1.54) is 0 Å². The SMILES string of the molecule is CN=C(NCc1ccccc1NS(C)(=O)=O)NC(C)c1ccc(Cl)cc1Cl.I. The van der Waals surface area contributed by atoms with Crippen LogP contribution in [0.4, 0.5) is 5.69 Å². The van der Waals surface area contributed by atoms with Crippen LogP contribution in [0.5, 0.6) is 0 Å². The molecule has 1 atom stereocenters. The minimum absolute atomic E-state index is 0. The zero-order valence-electron chi connectivity index (χ0n) is 15.7. The van der Waals surface area contributed by atoms with Crippen molar-refractivity contribution in [1.82, 2.24) is 10.6 Å². The van der Waals surface area contributed by atoms with Crippen LogP contribution in [0.1, 0.15) is 24.1 Å². The molecule has 0 fully saturated rings. The maximum Gasteiger partial charge on any atom is 0.229 e. The molecule has 0 heterocycles. The Balaban J connectivity index is 0.00000392. The van der Waals surface area contributed by atoms with Crippen LogP contribution in [0, 0.1) is 0 Å². The number of nitrogens with one attached hydrogen (secondary N) is 3. The lowest BCUT2D eigenvalue weighted by molar-refractivity contribution is 0.606. The molecule has 0 radical (unpaired) electrons. The summed E-state index contributed by atoms with van der Waals surface area (Å²) < 4.78 is 25.5. The molecular formula is C18H23Cl2IN4O2S. The first-order valence-electron chi connectivity index (χ1n) is 8.17. The number of aliphatic imine (C=N–C) groups is 1. The quantitative estimate of drug-likeness (QED) is 0.280. The van der Waals surface area contributed by atoms with Gasteiger partial charge in [0.15, 0.2) is 5.96 Å². The predicted octanol–water partition coefficient (Wildman–Crippen LogP) is 4.41. The van der Waals surface area contributed by atoms with Gasteiger partial charge in [-0.25, -0.2) is 8.42 Å². The fraction of sp³-hybridized carbons (Fsp3) is 0.278. The highest BCUT2D eigenvalue weighted by atomic mass is 127.